The van der Waals surface area contributed by atoms with E-state index in [4.69, 9.17) is 4.74 Å². The number of benzene rings is 2. The van der Waals surface area contributed by atoms with Crippen molar-refractivity contribution in [2.45, 2.75) is 6.92 Å². The average Bonchev–Trinajstić information content (AvgIpc) is 3.06. The van der Waals surface area contributed by atoms with Crippen molar-refractivity contribution in [1.29, 1.82) is 0 Å². The molecular weight excluding hydrogens is 402 g/mol. The molecule has 0 atom stereocenters. The van der Waals surface area contributed by atoms with Gasteiger partial charge >= 0.3 is 6.03 Å². The highest BCUT2D eigenvalue weighted by Gasteiger charge is 2.10. The zero-order valence-corrected chi connectivity index (χ0v) is 15.9. The first-order valence-corrected chi connectivity index (χ1v) is 9.34. The molecule has 3 rings (SSSR count). The largest absolute Gasteiger partial charge is 0.492 e. The minimum Gasteiger partial charge on any atom is -0.492 e. The van der Waals surface area contributed by atoms with Gasteiger partial charge in [0, 0.05) is 15.4 Å². The highest BCUT2D eigenvalue weighted by Crippen LogP contribution is 2.27. The zero-order chi connectivity index (χ0) is 17.6. The number of rotatable bonds is 5. The Morgan fingerprint density at radius 1 is 1.16 bits per heavy atom. The number of para-hydroxylation sites is 2. The fourth-order valence-electron chi connectivity index (χ4n) is 2.19. The molecule has 0 bridgehead atoms. The number of halogens is 1. The highest BCUT2D eigenvalue weighted by atomic mass is 79.9. The second kappa shape index (κ2) is 8.13. The van der Waals surface area contributed by atoms with Crippen molar-refractivity contribution in [2.24, 2.45) is 0 Å². The normalized spacial score (nSPS) is 10.3. The quantitative estimate of drug-likeness (QED) is 0.566. The number of thiazole rings is 1. The molecule has 0 aliphatic rings. The molecule has 0 aliphatic heterocycles. The fourth-order valence-corrected chi connectivity index (χ4v) is 3.17. The minimum atomic E-state index is -0.358. The molecule has 3 aromatic rings. The van der Waals surface area contributed by atoms with Gasteiger partial charge in [-0.25, -0.2) is 9.78 Å². The lowest BCUT2D eigenvalue weighted by Crippen LogP contribution is -2.19. The van der Waals surface area contributed by atoms with Crippen LogP contribution in [-0.4, -0.2) is 17.6 Å². The molecule has 25 heavy (non-hydrogen) atoms. The van der Waals surface area contributed by atoms with Crippen molar-refractivity contribution in [1.82, 2.24) is 4.98 Å². The second-order valence-corrected chi connectivity index (χ2v) is 6.83. The van der Waals surface area contributed by atoms with Gasteiger partial charge in [0.25, 0.3) is 0 Å². The van der Waals surface area contributed by atoms with Gasteiger partial charge in [-0.05, 0) is 31.2 Å². The molecule has 1 aromatic heterocycles. The van der Waals surface area contributed by atoms with Crippen LogP contribution in [0.1, 0.15) is 6.92 Å². The number of ether oxygens (including phenoxy) is 1. The van der Waals surface area contributed by atoms with Crippen LogP contribution in [0.3, 0.4) is 0 Å². The first-order valence-electron chi connectivity index (χ1n) is 7.67. The van der Waals surface area contributed by atoms with Crippen molar-refractivity contribution in [3.05, 3.63) is 58.4 Å². The first kappa shape index (κ1) is 17.4. The Balaban J connectivity index is 1.67. The number of amides is 2. The van der Waals surface area contributed by atoms with Crippen LogP contribution in [-0.2, 0) is 0 Å². The van der Waals surface area contributed by atoms with Gasteiger partial charge in [0.2, 0.25) is 0 Å². The van der Waals surface area contributed by atoms with Crippen LogP contribution in [0.5, 0.6) is 5.75 Å². The molecule has 2 amide bonds. The van der Waals surface area contributed by atoms with Crippen molar-refractivity contribution < 1.29 is 9.53 Å². The van der Waals surface area contributed by atoms with E-state index in [1.807, 2.05) is 54.8 Å². The summed E-state index contributed by atoms with van der Waals surface area (Å²) in [6.07, 6.45) is 0. The maximum atomic E-state index is 12.2. The molecule has 2 aromatic carbocycles. The summed E-state index contributed by atoms with van der Waals surface area (Å²) in [6, 6.07) is 14.8. The van der Waals surface area contributed by atoms with E-state index in [-0.39, 0.29) is 6.03 Å². The number of carbonyl (C=O) groups excluding carboxylic acids is 1. The Hall–Kier alpha value is -2.38. The second-order valence-electron chi connectivity index (χ2n) is 5.05. The fraction of sp³-hybridized carbons (Fsp3) is 0.111. The third-order valence-corrected chi connectivity index (χ3v) is 4.59. The molecule has 7 heteroatoms. The molecule has 5 nitrogen and oxygen atoms in total. The van der Waals surface area contributed by atoms with E-state index >= 15 is 0 Å². The Bertz CT molecular complexity index is 865. The van der Waals surface area contributed by atoms with Crippen molar-refractivity contribution in [3.8, 4) is 17.0 Å². The number of urea groups is 1. The van der Waals surface area contributed by atoms with E-state index < -0.39 is 0 Å². The van der Waals surface area contributed by atoms with Gasteiger partial charge in [-0.1, -0.05) is 40.2 Å². The molecule has 0 radical (unpaired) electrons. The number of aromatic nitrogens is 1. The lowest BCUT2D eigenvalue weighted by molar-refractivity contribution is 0.262. The summed E-state index contributed by atoms with van der Waals surface area (Å²) in [4.78, 5) is 16.7. The molecule has 2 N–H and O–H groups in total. The number of hydrogen-bond acceptors (Lipinski definition) is 4. The molecule has 1 heterocycles. The van der Waals surface area contributed by atoms with Gasteiger partial charge in [-0.2, -0.15) is 0 Å². The van der Waals surface area contributed by atoms with Crippen molar-refractivity contribution >= 4 is 44.1 Å². The molecule has 0 saturated carbocycles. The summed E-state index contributed by atoms with van der Waals surface area (Å²) in [5.41, 5.74) is 2.43. The van der Waals surface area contributed by atoms with Crippen molar-refractivity contribution in [2.75, 3.05) is 17.2 Å². The standard InChI is InChI=1S/C18H16BrN3O2S/c1-2-24-16-6-4-3-5-14(16)20-17(23)22-18-21-15(11-25-18)12-7-9-13(19)10-8-12/h3-11H,2H2,1H3,(H2,20,21,22,23). The summed E-state index contributed by atoms with van der Waals surface area (Å²) in [7, 11) is 0. The highest BCUT2D eigenvalue weighted by molar-refractivity contribution is 9.10. The van der Waals surface area contributed by atoms with E-state index in [2.05, 4.69) is 31.5 Å². The zero-order valence-electron chi connectivity index (χ0n) is 13.5. The van der Waals surface area contributed by atoms with Gasteiger partial charge in [0.05, 0.1) is 18.0 Å². The van der Waals surface area contributed by atoms with Crippen LogP contribution >= 0.6 is 27.3 Å². The maximum absolute atomic E-state index is 12.2. The number of hydrogen-bond donors (Lipinski definition) is 2. The topological polar surface area (TPSA) is 63.2 Å². The number of carbonyl (C=O) groups is 1. The van der Waals surface area contributed by atoms with Gasteiger partial charge in [-0.3, -0.25) is 5.32 Å². The average molecular weight is 418 g/mol. The summed E-state index contributed by atoms with van der Waals surface area (Å²) >= 11 is 4.79. The monoisotopic (exact) mass is 417 g/mol. The minimum absolute atomic E-state index is 0.358. The van der Waals surface area contributed by atoms with E-state index in [9.17, 15) is 4.79 Å². The Morgan fingerprint density at radius 3 is 2.68 bits per heavy atom. The Labute approximate surface area is 158 Å². The SMILES string of the molecule is CCOc1ccccc1NC(=O)Nc1nc(-c2ccc(Br)cc2)cs1. The van der Waals surface area contributed by atoms with Crippen LogP contribution in [0.15, 0.2) is 58.4 Å². The Morgan fingerprint density at radius 2 is 1.92 bits per heavy atom. The van der Waals surface area contributed by atoms with Crippen molar-refractivity contribution in [3.63, 3.8) is 0 Å². The van der Waals surface area contributed by atoms with Crippen LogP contribution in [0.25, 0.3) is 11.3 Å². The first-order chi connectivity index (χ1) is 12.2. The Kier molecular flexibility index (Phi) is 5.67. The summed E-state index contributed by atoms with van der Waals surface area (Å²) in [5, 5.41) is 7.98. The molecule has 0 aliphatic carbocycles. The number of nitrogens with zero attached hydrogens (tertiary/aromatic N) is 1. The van der Waals surface area contributed by atoms with Crippen LogP contribution < -0.4 is 15.4 Å². The smallest absolute Gasteiger partial charge is 0.325 e. The van der Waals surface area contributed by atoms with Gasteiger partial charge < -0.3 is 10.1 Å². The van der Waals surface area contributed by atoms with E-state index in [0.717, 1.165) is 15.7 Å². The van der Waals surface area contributed by atoms with E-state index in [1.54, 1.807) is 6.07 Å². The number of anilines is 2. The number of nitrogens with one attached hydrogen (secondary N) is 2. The summed E-state index contributed by atoms with van der Waals surface area (Å²) < 4.78 is 6.51. The van der Waals surface area contributed by atoms with Gasteiger partial charge in [0.1, 0.15) is 5.75 Å². The molecule has 0 saturated heterocycles. The van der Waals surface area contributed by atoms with Crippen LogP contribution in [0.4, 0.5) is 15.6 Å². The molecule has 0 unspecified atom stereocenters. The third-order valence-electron chi connectivity index (χ3n) is 3.30. The van der Waals surface area contributed by atoms with E-state index in [1.165, 1.54) is 11.3 Å². The lowest BCUT2D eigenvalue weighted by atomic mass is 10.2. The van der Waals surface area contributed by atoms with Crippen LogP contribution in [0.2, 0.25) is 0 Å². The third kappa shape index (κ3) is 4.58. The predicted octanol–water partition coefficient (Wildman–Crippen LogP) is 5.62. The predicted molar refractivity (Wildman–Crippen MR) is 106 cm³/mol. The maximum Gasteiger partial charge on any atom is 0.325 e. The summed E-state index contributed by atoms with van der Waals surface area (Å²) in [5.74, 6) is 0.634. The van der Waals surface area contributed by atoms with Gasteiger partial charge in [-0.15, -0.1) is 11.3 Å². The summed E-state index contributed by atoms with van der Waals surface area (Å²) in [6.45, 7) is 2.43. The van der Waals surface area contributed by atoms with E-state index in [0.29, 0.717) is 23.2 Å². The molecule has 0 spiro atoms. The lowest BCUT2D eigenvalue weighted by Gasteiger charge is -2.11. The molecular formula is C18H16BrN3O2S. The van der Waals surface area contributed by atoms with Crippen LogP contribution in [0, 0.1) is 0 Å². The molecule has 0 fully saturated rings. The molecule has 128 valence electrons. The van der Waals surface area contributed by atoms with Gasteiger partial charge in [0.15, 0.2) is 5.13 Å².